The predicted molar refractivity (Wildman–Crippen MR) is 21.1 cm³/mol. The van der Waals surface area contributed by atoms with Gasteiger partial charge in [-0.15, -0.1) is 4.99 Å². The van der Waals surface area contributed by atoms with Crippen LogP contribution in [0.3, 0.4) is 0 Å². The van der Waals surface area contributed by atoms with Gasteiger partial charge in [-0.3, -0.25) is 0 Å². The van der Waals surface area contributed by atoms with E-state index in [1.165, 1.54) is 0 Å². The highest BCUT2D eigenvalue weighted by Crippen LogP contribution is 1.44. The fraction of sp³-hybridized carbons (Fsp3) is 0.333. The van der Waals surface area contributed by atoms with Gasteiger partial charge in [0.25, 0.3) is 0 Å². The summed E-state index contributed by atoms with van der Waals surface area (Å²) in [5.74, 6) is 0. The molecule has 0 aliphatic rings. The zero-order valence-electron chi connectivity index (χ0n) is 3.10. The van der Waals surface area contributed by atoms with E-state index in [1.807, 2.05) is 0 Å². The normalized spacial score (nSPS) is 5.00. The van der Waals surface area contributed by atoms with Crippen LogP contribution in [0.4, 0.5) is 0 Å². The molecule has 0 amide bonds. The topological polar surface area (TPSA) is 24.7 Å². The highest BCUT2D eigenvalue weighted by atomic mass is 14.7. The Morgan fingerprint density at radius 1 is 1.80 bits per heavy atom. The van der Waals surface area contributed by atoms with Crippen LogP contribution in [0.1, 0.15) is 0 Å². The summed E-state index contributed by atoms with van der Waals surface area (Å²) in [6.45, 7) is 0. The number of rotatable bonds is 0. The van der Waals surface area contributed by atoms with E-state index in [-0.39, 0.29) is 0 Å². The Morgan fingerprint density at radius 3 is 2.40 bits per heavy atom. The first-order chi connectivity index (χ1) is 2.41. The van der Waals surface area contributed by atoms with E-state index in [0.717, 1.165) is 0 Å². The molecule has 2 nitrogen and oxygen atoms in total. The summed E-state index contributed by atoms with van der Waals surface area (Å²) in [5.41, 5.74) is 0. The lowest BCUT2D eigenvalue weighted by molar-refractivity contribution is 1.45. The van der Waals surface area contributed by atoms with Crippen LogP contribution in [0, 0.1) is 7.05 Å². The molecule has 0 rings (SSSR count). The van der Waals surface area contributed by atoms with Gasteiger partial charge in [0.2, 0.25) is 0 Å². The van der Waals surface area contributed by atoms with Crippen molar-refractivity contribution in [2.24, 2.45) is 9.98 Å². The fourth-order valence-corrected chi connectivity index (χ4v) is 0.0707. The smallest absolute Gasteiger partial charge is 0.119 e. The summed E-state index contributed by atoms with van der Waals surface area (Å²) in [6.07, 6.45) is 0. The Kier molecular flexibility index (Phi) is 2.76. The zero-order chi connectivity index (χ0) is 4.12. The van der Waals surface area contributed by atoms with Gasteiger partial charge in [0.05, 0.1) is 7.05 Å². The second kappa shape index (κ2) is 3.25. The molecule has 0 bridgehead atoms. The third-order valence-electron chi connectivity index (χ3n) is 0.171. The molecule has 0 aliphatic carbocycles. The van der Waals surface area contributed by atoms with E-state index in [4.69, 9.17) is 0 Å². The molecule has 26 valence electrons. The van der Waals surface area contributed by atoms with Crippen molar-refractivity contribution in [3.8, 4) is 0 Å². The zero-order valence-corrected chi connectivity index (χ0v) is 3.10. The summed E-state index contributed by atoms with van der Waals surface area (Å²) < 4.78 is 0. The molecule has 0 aliphatic heterocycles. The van der Waals surface area contributed by atoms with E-state index in [0.29, 0.717) is 0 Å². The average molecular weight is 69.1 g/mol. The van der Waals surface area contributed by atoms with Crippen molar-refractivity contribution in [2.45, 2.75) is 0 Å². The van der Waals surface area contributed by atoms with Crippen LogP contribution in [-0.4, -0.2) is 13.1 Å². The maximum Gasteiger partial charge on any atom is 0.342 e. The standard InChI is InChI=1S/C3H5N2/c1-4-3-5-2/h1H2,2H3/q+1. The van der Waals surface area contributed by atoms with E-state index in [9.17, 15) is 0 Å². The molecule has 0 unspecified atom stereocenters. The van der Waals surface area contributed by atoms with E-state index >= 15 is 0 Å². The minimum Gasteiger partial charge on any atom is -0.119 e. The summed E-state index contributed by atoms with van der Waals surface area (Å²) in [7, 11) is 4.69. The van der Waals surface area contributed by atoms with Crippen LogP contribution in [0.25, 0.3) is 0 Å². The molecule has 0 N–H and O–H groups in total. The lowest BCUT2D eigenvalue weighted by Gasteiger charge is -1.35. The number of hydrogen-bond acceptors (Lipinski definition) is 2. The summed E-state index contributed by atoms with van der Waals surface area (Å²) in [6, 6.07) is 2.25. The minimum atomic E-state index is 1.59. The van der Waals surface area contributed by atoms with Crippen LogP contribution in [0.15, 0.2) is 9.98 Å². The number of aliphatic imine (C=N–C) groups is 2. The first-order valence-corrected chi connectivity index (χ1v) is 1.21. The Balaban J connectivity index is 3.26. The first-order valence-electron chi connectivity index (χ1n) is 1.21. The third-order valence-corrected chi connectivity index (χ3v) is 0.171. The van der Waals surface area contributed by atoms with E-state index < -0.39 is 0 Å². The van der Waals surface area contributed by atoms with Gasteiger partial charge < -0.3 is 0 Å². The third kappa shape index (κ3) is 3.25. The maximum atomic E-state index is 3.38. The summed E-state index contributed by atoms with van der Waals surface area (Å²) in [4.78, 5) is 6.56. The molecule has 0 saturated heterocycles. The van der Waals surface area contributed by atoms with Crippen molar-refractivity contribution in [1.82, 2.24) is 0 Å². The van der Waals surface area contributed by atoms with Crippen molar-refractivity contribution in [3.63, 3.8) is 0 Å². The summed E-state index contributed by atoms with van der Waals surface area (Å²) >= 11 is 0. The van der Waals surface area contributed by atoms with Crippen LogP contribution in [0.2, 0.25) is 0 Å². The molecule has 0 aromatic carbocycles. The van der Waals surface area contributed by atoms with Crippen LogP contribution >= 0.6 is 0 Å². The largest absolute Gasteiger partial charge is 0.342 e. The van der Waals surface area contributed by atoms with Gasteiger partial charge in [0.1, 0.15) is 7.05 Å². The highest BCUT2D eigenvalue weighted by Gasteiger charge is 1.51. The van der Waals surface area contributed by atoms with Gasteiger partial charge >= 0.3 is 6.01 Å². The van der Waals surface area contributed by atoms with Crippen LogP contribution < -0.4 is 0 Å². The second-order valence-corrected chi connectivity index (χ2v) is 0.482. The molecule has 0 radical (unpaired) electrons. The second-order valence-electron chi connectivity index (χ2n) is 0.482. The number of hydrogen-bond donors (Lipinski definition) is 0. The van der Waals surface area contributed by atoms with Gasteiger partial charge in [0.15, 0.2) is 0 Å². The van der Waals surface area contributed by atoms with E-state index in [1.54, 1.807) is 7.05 Å². The van der Waals surface area contributed by atoms with Gasteiger partial charge in [-0.25, -0.2) is 0 Å². The Labute approximate surface area is 31.3 Å². The van der Waals surface area contributed by atoms with Crippen molar-refractivity contribution >= 4 is 6.01 Å². The molecular weight excluding hydrogens is 64.0 g/mol. The molecule has 5 heavy (non-hydrogen) atoms. The molecule has 2 heteroatoms. The molecule has 0 fully saturated rings. The van der Waals surface area contributed by atoms with Crippen LogP contribution in [-0.2, 0) is 0 Å². The van der Waals surface area contributed by atoms with Gasteiger partial charge in [-0.05, 0) is 0 Å². The predicted octanol–water partition coefficient (Wildman–Crippen LogP) is 0.582. The molecule has 0 spiro atoms. The SMILES string of the molecule is [CH2+]N=C=NC. The molecule has 0 aromatic heterocycles. The molecular formula is C3H5N2+. The van der Waals surface area contributed by atoms with Gasteiger partial charge in [-0.1, -0.05) is 0 Å². The van der Waals surface area contributed by atoms with Gasteiger partial charge in [0, 0.05) is 4.99 Å². The van der Waals surface area contributed by atoms with E-state index in [2.05, 4.69) is 23.0 Å². The lowest BCUT2D eigenvalue weighted by atomic mass is 11.3. The van der Waals surface area contributed by atoms with Crippen molar-refractivity contribution in [1.29, 1.82) is 0 Å². The van der Waals surface area contributed by atoms with Gasteiger partial charge in [-0.2, -0.15) is 0 Å². The maximum absolute atomic E-state index is 3.38. The highest BCUT2D eigenvalue weighted by molar-refractivity contribution is 5.40. The minimum absolute atomic E-state index is 1.59. The first kappa shape index (κ1) is 4.25. The molecule has 0 heterocycles. The Hall–Kier alpha value is -0.750. The lowest BCUT2D eigenvalue weighted by Crippen LogP contribution is -1.43. The number of nitrogens with zero attached hydrogens (tertiary/aromatic N) is 2. The Morgan fingerprint density at radius 2 is 2.40 bits per heavy atom. The fourth-order valence-electron chi connectivity index (χ4n) is 0.0707. The monoisotopic (exact) mass is 69.0 g/mol. The van der Waals surface area contributed by atoms with Crippen LogP contribution in [0.5, 0.6) is 0 Å². The summed E-state index contributed by atoms with van der Waals surface area (Å²) in [5, 5.41) is 0. The average Bonchev–Trinajstić information content (AvgIpc) is 1.41. The van der Waals surface area contributed by atoms with Crippen molar-refractivity contribution in [2.75, 3.05) is 7.05 Å². The Bertz CT molecular complexity index is 53.3. The van der Waals surface area contributed by atoms with Crippen molar-refractivity contribution < 1.29 is 0 Å². The molecule has 0 aromatic rings. The quantitative estimate of drug-likeness (QED) is 0.293. The molecule has 0 saturated carbocycles. The van der Waals surface area contributed by atoms with Crippen molar-refractivity contribution in [3.05, 3.63) is 7.05 Å². The molecule has 0 atom stereocenters.